The van der Waals surface area contributed by atoms with E-state index in [1.807, 2.05) is 0 Å². The summed E-state index contributed by atoms with van der Waals surface area (Å²) in [7, 11) is -3.17. The molecule has 1 aliphatic heterocycles. The Morgan fingerprint density at radius 3 is 2.61 bits per heavy atom. The fourth-order valence-corrected chi connectivity index (χ4v) is 4.24. The second-order valence-corrected chi connectivity index (χ2v) is 7.58. The van der Waals surface area contributed by atoms with E-state index in [2.05, 4.69) is 15.5 Å². The van der Waals surface area contributed by atoms with Crippen LogP contribution in [0.4, 0.5) is 14.6 Å². The molecule has 0 saturated carbocycles. The van der Waals surface area contributed by atoms with E-state index in [0.717, 1.165) is 12.1 Å². The predicted octanol–water partition coefficient (Wildman–Crippen LogP) is 1.73. The van der Waals surface area contributed by atoms with Crippen LogP contribution in [0.2, 0.25) is 0 Å². The highest BCUT2D eigenvalue weighted by atomic mass is 32.2. The number of nitrogens with one attached hydrogen (secondary N) is 2. The topological polar surface area (TPSA) is 91.9 Å². The van der Waals surface area contributed by atoms with Gasteiger partial charge in [-0.15, -0.1) is 0 Å². The van der Waals surface area contributed by atoms with Crippen molar-refractivity contribution in [2.24, 2.45) is 5.92 Å². The third kappa shape index (κ3) is 3.24. The maximum absolute atomic E-state index is 13.7. The van der Waals surface area contributed by atoms with E-state index in [9.17, 15) is 22.0 Å². The Hall–Kier alpha value is -2.29. The Bertz CT molecular complexity index is 844. The number of hydrogen-bond acceptors (Lipinski definition) is 4. The van der Waals surface area contributed by atoms with Crippen LogP contribution in [0.15, 0.2) is 24.3 Å². The lowest BCUT2D eigenvalue weighted by Gasteiger charge is -2.06. The van der Waals surface area contributed by atoms with Crippen LogP contribution in [0.1, 0.15) is 6.42 Å². The van der Waals surface area contributed by atoms with Crippen molar-refractivity contribution in [2.75, 3.05) is 16.8 Å². The number of rotatable bonds is 3. The van der Waals surface area contributed by atoms with Gasteiger partial charge in [-0.05, 0) is 18.6 Å². The zero-order valence-electron chi connectivity index (χ0n) is 11.8. The third-order valence-electron chi connectivity index (χ3n) is 3.66. The SMILES string of the molecule is O=C(Nc1cc(-c2c(F)cccc2F)[nH]n1)[C@H]1CCS(=O)(=O)C1. The number of aromatic amines is 1. The number of benzene rings is 1. The lowest BCUT2D eigenvalue weighted by molar-refractivity contribution is -0.119. The van der Waals surface area contributed by atoms with Crippen molar-refractivity contribution in [1.29, 1.82) is 0 Å². The molecule has 9 heteroatoms. The largest absolute Gasteiger partial charge is 0.309 e. The Labute approximate surface area is 130 Å². The molecule has 1 aliphatic rings. The van der Waals surface area contributed by atoms with Crippen molar-refractivity contribution in [2.45, 2.75) is 6.42 Å². The van der Waals surface area contributed by atoms with Gasteiger partial charge in [-0.1, -0.05) is 6.07 Å². The summed E-state index contributed by atoms with van der Waals surface area (Å²) in [6.07, 6.45) is 0.257. The molecule has 1 amide bonds. The number of anilines is 1. The highest BCUT2D eigenvalue weighted by Crippen LogP contribution is 2.26. The Kier molecular flexibility index (Phi) is 3.88. The minimum Gasteiger partial charge on any atom is -0.309 e. The molecular formula is C14H13F2N3O3S. The van der Waals surface area contributed by atoms with Gasteiger partial charge in [-0.3, -0.25) is 9.89 Å². The summed E-state index contributed by atoms with van der Waals surface area (Å²) >= 11 is 0. The van der Waals surface area contributed by atoms with Gasteiger partial charge in [0, 0.05) is 6.07 Å². The van der Waals surface area contributed by atoms with E-state index in [1.54, 1.807) is 0 Å². The van der Waals surface area contributed by atoms with Gasteiger partial charge in [-0.2, -0.15) is 5.10 Å². The Morgan fingerprint density at radius 1 is 1.30 bits per heavy atom. The molecule has 0 radical (unpaired) electrons. The lowest BCUT2D eigenvalue weighted by atomic mass is 10.1. The average Bonchev–Trinajstić information content (AvgIpc) is 3.05. The second kappa shape index (κ2) is 5.73. The van der Waals surface area contributed by atoms with Crippen molar-refractivity contribution in [3.05, 3.63) is 35.9 Å². The number of carbonyl (C=O) groups is 1. The summed E-state index contributed by atoms with van der Waals surface area (Å²) < 4.78 is 50.1. The first-order valence-corrected chi connectivity index (χ1v) is 8.69. The zero-order chi connectivity index (χ0) is 16.6. The van der Waals surface area contributed by atoms with Crippen LogP contribution < -0.4 is 5.32 Å². The van der Waals surface area contributed by atoms with E-state index in [-0.39, 0.29) is 35.0 Å². The van der Waals surface area contributed by atoms with Crippen molar-refractivity contribution < 1.29 is 22.0 Å². The van der Waals surface area contributed by atoms with E-state index in [4.69, 9.17) is 0 Å². The van der Waals surface area contributed by atoms with Gasteiger partial charge in [0.2, 0.25) is 5.91 Å². The molecule has 6 nitrogen and oxygen atoms in total. The van der Waals surface area contributed by atoms with Gasteiger partial charge in [0.05, 0.1) is 28.7 Å². The standard InChI is InChI=1S/C14H13F2N3O3S/c15-9-2-1-3-10(16)13(9)11-6-12(19-18-11)17-14(20)8-4-5-23(21,22)7-8/h1-3,6,8H,4-5,7H2,(H2,17,18,19,20)/t8-/m0/s1. The third-order valence-corrected chi connectivity index (χ3v) is 5.43. The van der Waals surface area contributed by atoms with Crippen LogP contribution in [0.3, 0.4) is 0 Å². The molecule has 2 N–H and O–H groups in total. The number of aromatic nitrogens is 2. The van der Waals surface area contributed by atoms with Gasteiger partial charge in [0.25, 0.3) is 0 Å². The molecule has 0 unspecified atom stereocenters. The first-order valence-electron chi connectivity index (χ1n) is 6.87. The van der Waals surface area contributed by atoms with Crippen molar-refractivity contribution in [1.82, 2.24) is 10.2 Å². The van der Waals surface area contributed by atoms with Crippen LogP contribution in [-0.4, -0.2) is 36.0 Å². The number of halogens is 2. The van der Waals surface area contributed by atoms with Crippen molar-refractivity contribution in [3.8, 4) is 11.3 Å². The highest BCUT2D eigenvalue weighted by molar-refractivity contribution is 7.91. The fraction of sp³-hybridized carbons (Fsp3) is 0.286. The van der Waals surface area contributed by atoms with E-state index < -0.39 is 33.3 Å². The van der Waals surface area contributed by atoms with Crippen LogP contribution in [0.25, 0.3) is 11.3 Å². The molecule has 3 rings (SSSR count). The smallest absolute Gasteiger partial charge is 0.229 e. The monoisotopic (exact) mass is 341 g/mol. The molecule has 0 aliphatic carbocycles. The predicted molar refractivity (Wildman–Crippen MR) is 79.3 cm³/mol. The van der Waals surface area contributed by atoms with Crippen molar-refractivity contribution >= 4 is 21.6 Å². The molecule has 1 atom stereocenters. The maximum Gasteiger partial charge on any atom is 0.229 e. The van der Waals surface area contributed by atoms with Crippen LogP contribution in [-0.2, 0) is 14.6 Å². The number of amides is 1. The quantitative estimate of drug-likeness (QED) is 0.889. The van der Waals surface area contributed by atoms with Gasteiger partial charge in [0.15, 0.2) is 15.7 Å². The molecule has 122 valence electrons. The number of carbonyl (C=O) groups excluding carboxylic acids is 1. The first kappa shape index (κ1) is 15.6. The first-order chi connectivity index (χ1) is 10.9. The molecule has 0 bridgehead atoms. The van der Waals surface area contributed by atoms with E-state index >= 15 is 0 Å². The van der Waals surface area contributed by atoms with Gasteiger partial charge in [-0.25, -0.2) is 17.2 Å². The molecule has 0 spiro atoms. The minimum atomic E-state index is -3.17. The van der Waals surface area contributed by atoms with Gasteiger partial charge in [0.1, 0.15) is 11.6 Å². The van der Waals surface area contributed by atoms with Crippen LogP contribution >= 0.6 is 0 Å². The lowest BCUT2D eigenvalue weighted by Crippen LogP contribution is -2.23. The van der Waals surface area contributed by atoms with Crippen LogP contribution in [0.5, 0.6) is 0 Å². The van der Waals surface area contributed by atoms with E-state index in [1.165, 1.54) is 12.1 Å². The molecule has 2 aromatic rings. The Balaban J connectivity index is 1.77. The number of hydrogen-bond donors (Lipinski definition) is 2. The maximum atomic E-state index is 13.7. The molecule has 1 fully saturated rings. The number of nitrogens with zero attached hydrogens (tertiary/aromatic N) is 1. The molecule has 1 saturated heterocycles. The normalized spacial score (nSPS) is 19.7. The highest BCUT2D eigenvalue weighted by Gasteiger charge is 2.33. The number of sulfone groups is 1. The molecular weight excluding hydrogens is 328 g/mol. The summed E-state index contributed by atoms with van der Waals surface area (Å²) in [5.74, 6) is -2.75. The summed E-state index contributed by atoms with van der Waals surface area (Å²) in [5.41, 5.74) is -0.195. The van der Waals surface area contributed by atoms with E-state index in [0.29, 0.717) is 0 Å². The van der Waals surface area contributed by atoms with Crippen LogP contribution in [0, 0.1) is 17.6 Å². The molecule has 1 aromatic carbocycles. The molecule has 1 aromatic heterocycles. The minimum absolute atomic E-state index is 0.0165. The summed E-state index contributed by atoms with van der Waals surface area (Å²) in [5, 5.41) is 8.70. The number of H-pyrrole nitrogens is 1. The molecule has 2 heterocycles. The van der Waals surface area contributed by atoms with Crippen molar-refractivity contribution in [3.63, 3.8) is 0 Å². The zero-order valence-corrected chi connectivity index (χ0v) is 12.7. The van der Waals surface area contributed by atoms with Gasteiger partial charge >= 0.3 is 0 Å². The average molecular weight is 341 g/mol. The Morgan fingerprint density at radius 2 is 2.00 bits per heavy atom. The summed E-state index contributed by atoms with van der Waals surface area (Å²) in [6.45, 7) is 0. The fourth-order valence-electron chi connectivity index (χ4n) is 2.50. The summed E-state index contributed by atoms with van der Waals surface area (Å²) in [6, 6.07) is 4.76. The van der Waals surface area contributed by atoms with Gasteiger partial charge < -0.3 is 5.32 Å². The summed E-state index contributed by atoms with van der Waals surface area (Å²) in [4.78, 5) is 12.0. The second-order valence-electron chi connectivity index (χ2n) is 5.35. The molecule has 23 heavy (non-hydrogen) atoms.